The van der Waals surface area contributed by atoms with Gasteiger partial charge in [0.25, 0.3) is 0 Å². The van der Waals surface area contributed by atoms with Crippen LogP contribution in [0.2, 0.25) is 0 Å². The van der Waals surface area contributed by atoms with E-state index in [1.54, 1.807) is 42.5 Å². The minimum atomic E-state index is -0.975. The molecule has 8 nitrogen and oxygen atoms in total. The molecule has 0 atom stereocenters. The molecule has 4 aromatic rings. The van der Waals surface area contributed by atoms with Crippen molar-refractivity contribution >= 4 is 57.3 Å². The number of amides is 1. The molecule has 2 aliphatic rings. The topological polar surface area (TPSA) is 87.9 Å². The summed E-state index contributed by atoms with van der Waals surface area (Å²) in [7, 11) is 3.51. The average molecular weight is 637 g/mol. The first kappa shape index (κ1) is 32.0. The Balaban J connectivity index is 0.00000384. The minimum absolute atomic E-state index is 0. The molecule has 234 valence electrons. The molecule has 10 heteroatoms. The van der Waals surface area contributed by atoms with Crippen LogP contribution < -0.4 is 4.90 Å². The monoisotopic (exact) mass is 636 g/mol. The minimum Gasteiger partial charge on any atom is -0.478 e. The molecule has 0 radical (unpaired) electrons. The van der Waals surface area contributed by atoms with Crippen molar-refractivity contribution in [2.45, 2.75) is 57.4 Å². The number of halogens is 1. The number of para-hydroxylation sites is 1. The third-order valence-corrected chi connectivity index (χ3v) is 9.83. The van der Waals surface area contributed by atoms with Gasteiger partial charge in [-0.15, -0.1) is 23.7 Å². The van der Waals surface area contributed by atoms with Gasteiger partial charge in [-0.3, -0.25) is 4.79 Å². The highest BCUT2D eigenvalue weighted by molar-refractivity contribution is 7.14. The van der Waals surface area contributed by atoms with E-state index in [9.17, 15) is 14.7 Å². The van der Waals surface area contributed by atoms with Crippen LogP contribution in [0.25, 0.3) is 22.3 Å². The van der Waals surface area contributed by atoms with E-state index in [0.717, 1.165) is 91.4 Å². The summed E-state index contributed by atoms with van der Waals surface area (Å²) in [6.45, 7) is 2.56. The predicted octanol–water partition coefficient (Wildman–Crippen LogP) is 7.59. The third kappa shape index (κ3) is 6.65. The number of anilines is 2. The Bertz CT molecular complexity index is 1590. The van der Waals surface area contributed by atoms with E-state index in [0.29, 0.717) is 11.8 Å². The number of ether oxygens (including phenoxy) is 1. The highest BCUT2D eigenvalue weighted by atomic mass is 35.5. The molecule has 2 aromatic carbocycles. The molecule has 44 heavy (non-hydrogen) atoms. The standard InChI is InChI=1S/C34H40N4O4S.ClH/c1-36(2)30(39)21-38-29-19-25(33(40)41)13-14-27(29)31(24-9-5-3-6-10-24)32(38)28-22-43-34(35-28)37(26-11-7-4-8-12-26)20-23-15-17-42-18-16-23;/h4,7-8,11-14,19,22-24H,3,5-6,9-10,15-18,20-21H2,1-2H3,(H,40,41);1H. The molecule has 1 saturated heterocycles. The number of nitrogens with zero attached hydrogens (tertiary/aromatic N) is 4. The zero-order valence-electron chi connectivity index (χ0n) is 25.4. The molecule has 1 saturated carbocycles. The maximum absolute atomic E-state index is 13.2. The lowest BCUT2D eigenvalue weighted by atomic mass is 9.82. The average Bonchev–Trinajstić information content (AvgIpc) is 3.64. The zero-order valence-corrected chi connectivity index (χ0v) is 27.0. The number of thiazole rings is 1. The van der Waals surface area contributed by atoms with Gasteiger partial charge in [0, 0.05) is 50.3 Å². The number of likely N-dealkylation sites (N-methyl/N-ethyl adjacent to an activating group) is 1. The summed E-state index contributed by atoms with van der Waals surface area (Å²) >= 11 is 1.62. The Morgan fingerprint density at radius 2 is 1.75 bits per heavy atom. The molecule has 6 rings (SSSR count). The van der Waals surface area contributed by atoms with Crippen LogP contribution in [0.5, 0.6) is 0 Å². The van der Waals surface area contributed by atoms with Gasteiger partial charge in [0.1, 0.15) is 12.2 Å². The SMILES string of the molecule is CN(C)C(=O)Cn1c(-c2csc(N(CC3CCOCC3)c3ccccc3)n2)c(C2CCCCC2)c2ccc(C(=O)O)cc21.Cl. The van der Waals surface area contributed by atoms with Crippen molar-refractivity contribution in [1.29, 1.82) is 0 Å². The summed E-state index contributed by atoms with van der Waals surface area (Å²) in [5, 5.41) is 13.9. The van der Waals surface area contributed by atoms with Crippen molar-refractivity contribution in [2.24, 2.45) is 5.92 Å². The van der Waals surface area contributed by atoms with E-state index in [1.807, 2.05) is 16.7 Å². The number of hydrogen-bond donors (Lipinski definition) is 1. The van der Waals surface area contributed by atoms with Crippen LogP contribution in [-0.4, -0.2) is 65.3 Å². The quantitative estimate of drug-likeness (QED) is 0.204. The van der Waals surface area contributed by atoms with Crippen molar-refractivity contribution in [2.75, 3.05) is 38.8 Å². The Labute approximate surface area is 269 Å². The Kier molecular flexibility index (Phi) is 10.3. The molecule has 2 aromatic heterocycles. The van der Waals surface area contributed by atoms with Crippen molar-refractivity contribution in [3.8, 4) is 11.4 Å². The fourth-order valence-corrected chi connectivity index (χ4v) is 7.46. The van der Waals surface area contributed by atoms with Crippen molar-refractivity contribution in [3.05, 3.63) is 65.0 Å². The number of fused-ring (bicyclic) bond motifs is 1. The fraction of sp³-hybridized carbons (Fsp3) is 0.441. The summed E-state index contributed by atoms with van der Waals surface area (Å²) < 4.78 is 7.66. The molecule has 2 fully saturated rings. The Morgan fingerprint density at radius 3 is 2.43 bits per heavy atom. The van der Waals surface area contributed by atoms with Gasteiger partial charge in [-0.2, -0.15) is 0 Å². The maximum atomic E-state index is 13.2. The first-order chi connectivity index (χ1) is 20.9. The van der Waals surface area contributed by atoms with Crippen molar-refractivity contribution in [3.63, 3.8) is 0 Å². The first-order valence-electron chi connectivity index (χ1n) is 15.4. The number of carboxylic acid groups (broad SMARTS) is 1. The number of carbonyl (C=O) groups excluding carboxylic acids is 1. The number of aromatic nitrogens is 2. The van der Waals surface area contributed by atoms with Crippen LogP contribution in [-0.2, 0) is 16.1 Å². The number of rotatable bonds is 9. The molecule has 1 aliphatic carbocycles. The highest BCUT2D eigenvalue weighted by Gasteiger charge is 2.30. The predicted molar refractivity (Wildman–Crippen MR) is 179 cm³/mol. The number of hydrogen-bond acceptors (Lipinski definition) is 6. The van der Waals surface area contributed by atoms with E-state index >= 15 is 0 Å². The van der Waals surface area contributed by atoms with Crippen LogP contribution in [0.1, 0.15) is 66.8 Å². The number of aromatic carboxylic acids is 1. The molecule has 1 amide bonds. The van der Waals surface area contributed by atoms with E-state index < -0.39 is 5.97 Å². The summed E-state index contributed by atoms with van der Waals surface area (Å²) in [6, 6.07) is 15.8. The smallest absolute Gasteiger partial charge is 0.335 e. The van der Waals surface area contributed by atoms with E-state index in [-0.39, 0.29) is 30.4 Å². The molecule has 0 unspecified atom stereocenters. The van der Waals surface area contributed by atoms with Crippen LogP contribution in [0.3, 0.4) is 0 Å². The number of carboxylic acids is 1. The molecule has 3 heterocycles. The van der Waals surface area contributed by atoms with E-state index in [4.69, 9.17) is 9.72 Å². The van der Waals surface area contributed by atoms with E-state index in [1.165, 1.54) is 12.0 Å². The van der Waals surface area contributed by atoms with Crippen molar-refractivity contribution in [1.82, 2.24) is 14.5 Å². The molecular formula is C34H41ClN4O4S. The summed E-state index contributed by atoms with van der Waals surface area (Å²) in [5.74, 6) is -0.181. The molecule has 1 N–H and O–H groups in total. The van der Waals surface area contributed by atoms with Gasteiger partial charge < -0.3 is 24.2 Å². The number of carbonyl (C=O) groups is 2. The molecule has 0 spiro atoms. The first-order valence-corrected chi connectivity index (χ1v) is 16.2. The van der Waals surface area contributed by atoms with Crippen molar-refractivity contribution < 1.29 is 19.4 Å². The van der Waals surface area contributed by atoms with Gasteiger partial charge >= 0.3 is 5.97 Å². The second kappa shape index (κ2) is 14.1. The highest BCUT2D eigenvalue weighted by Crippen LogP contribution is 2.45. The van der Waals surface area contributed by atoms with Gasteiger partial charge in [0.05, 0.1) is 16.8 Å². The second-order valence-electron chi connectivity index (χ2n) is 12.0. The molecule has 1 aliphatic heterocycles. The van der Waals surface area contributed by atoms with Crippen LogP contribution >= 0.6 is 23.7 Å². The molecule has 0 bridgehead atoms. The lowest BCUT2D eigenvalue weighted by Gasteiger charge is -2.29. The lowest BCUT2D eigenvalue weighted by molar-refractivity contribution is -0.129. The van der Waals surface area contributed by atoms with E-state index in [2.05, 4.69) is 34.5 Å². The van der Waals surface area contributed by atoms with Gasteiger partial charge in [0.15, 0.2) is 5.13 Å². The molecular weight excluding hydrogens is 596 g/mol. The normalized spacial score (nSPS) is 16.0. The lowest BCUT2D eigenvalue weighted by Crippen LogP contribution is -2.29. The Hall–Kier alpha value is -3.40. The van der Waals surface area contributed by atoms with Gasteiger partial charge in [-0.1, -0.05) is 43.5 Å². The Morgan fingerprint density at radius 1 is 1.02 bits per heavy atom. The third-order valence-electron chi connectivity index (χ3n) is 8.97. The van der Waals surface area contributed by atoms with Crippen LogP contribution in [0, 0.1) is 5.92 Å². The van der Waals surface area contributed by atoms with Gasteiger partial charge in [-0.05, 0) is 67.3 Å². The fourth-order valence-electron chi connectivity index (χ4n) is 6.62. The van der Waals surface area contributed by atoms with Crippen LogP contribution in [0.4, 0.5) is 10.8 Å². The van der Waals surface area contributed by atoms with Crippen LogP contribution in [0.15, 0.2) is 53.9 Å². The summed E-state index contributed by atoms with van der Waals surface area (Å²) in [6.07, 6.45) is 7.76. The zero-order chi connectivity index (χ0) is 29.9. The largest absolute Gasteiger partial charge is 0.478 e. The number of benzene rings is 2. The summed E-state index contributed by atoms with van der Waals surface area (Å²) in [5.41, 5.74) is 5.09. The van der Waals surface area contributed by atoms with Gasteiger partial charge in [-0.25, -0.2) is 9.78 Å². The van der Waals surface area contributed by atoms with Gasteiger partial charge in [0.2, 0.25) is 5.91 Å². The second-order valence-corrected chi connectivity index (χ2v) is 12.9. The summed E-state index contributed by atoms with van der Waals surface area (Å²) in [4.78, 5) is 34.4. The maximum Gasteiger partial charge on any atom is 0.335 e.